The summed E-state index contributed by atoms with van der Waals surface area (Å²) in [6, 6.07) is 10.6. The average molecular weight is 408 g/mol. The molecular weight excluding hydrogens is 393 g/mol. The van der Waals surface area contributed by atoms with Crippen molar-refractivity contribution >= 4 is 46.4 Å². The predicted molar refractivity (Wildman–Crippen MR) is 102 cm³/mol. The highest BCUT2D eigenvalue weighted by atomic mass is 35.5. The van der Waals surface area contributed by atoms with E-state index in [1.54, 1.807) is 29.2 Å². The number of benzene rings is 2. The van der Waals surface area contributed by atoms with Gasteiger partial charge in [0.25, 0.3) is 11.6 Å². The summed E-state index contributed by atoms with van der Waals surface area (Å²) in [5, 5.41) is 14.3. The normalized spacial score (nSPS) is 16.4. The van der Waals surface area contributed by atoms with Gasteiger partial charge in [0, 0.05) is 48.3 Å². The van der Waals surface area contributed by atoms with Gasteiger partial charge in [0.1, 0.15) is 0 Å². The molecule has 7 nitrogen and oxygen atoms in total. The van der Waals surface area contributed by atoms with E-state index in [1.807, 2.05) is 0 Å². The minimum absolute atomic E-state index is 0.0322. The van der Waals surface area contributed by atoms with E-state index in [1.165, 1.54) is 12.1 Å². The van der Waals surface area contributed by atoms with Crippen molar-refractivity contribution in [3.05, 3.63) is 68.2 Å². The highest BCUT2D eigenvalue weighted by Gasteiger charge is 2.31. The number of non-ortho nitro benzene ring substituents is 1. The Morgan fingerprint density at radius 3 is 2.59 bits per heavy atom. The lowest BCUT2D eigenvalue weighted by Gasteiger charge is -2.17. The molecule has 3 rings (SSSR count). The Morgan fingerprint density at radius 2 is 1.93 bits per heavy atom. The van der Waals surface area contributed by atoms with Crippen LogP contribution in [0.15, 0.2) is 42.5 Å². The second-order valence-corrected chi connectivity index (χ2v) is 7.03. The van der Waals surface area contributed by atoms with Gasteiger partial charge >= 0.3 is 0 Å². The van der Waals surface area contributed by atoms with Gasteiger partial charge in [-0.25, -0.2) is 0 Å². The van der Waals surface area contributed by atoms with Crippen LogP contribution in [0.25, 0.3) is 0 Å². The largest absolute Gasteiger partial charge is 0.352 e. The lowest BCUT2D eigenvalue weighted by Crippen LogP contribution is -2.31. The number of anilines is 1. The molecule has 0 aromatic heterocycles. The van der Waals surface area contributed by atoms with Gasteiger partial charge in [-0.2, -0.15) is 0 Å². The zero-order chi connectivity index (χ0) is 19.6. The fourth-order valence-electron chi connectivity index (χ4n) is 2.92. The van der Waals surface area contributed by atoms with E-state index < -0.39 is 10.8 Å². The van der Waals surface area contributed by atoms with Crippen molar-refractivity contribution in [2.75, 3.05) is 18.0 Å². The van der Waals surface area contributed by atoms with Crippen LogP contribution in [0, 0.1) is 16.0 Å². The third-order valence-electron chi connectivity index (χ3n) is 4.30. The molecule has 0 bridgehead atoms. The van der Waals surface area contributed by atoms with Crippen molar-refractivity contribution < 1.29 is 14.5 Å². The Kier molecular flexibility index (Phi) is 5.62. The van der Waals surface area contributed by atoms with E-state index in [-0.39, 0.29) is 34.6 Å². The van der Waals surface area contributed by atoms with Crippen LogP contribution >= 0.6 is 23.2 Å². The molecule has 9 heteroatoms. The summed E-state index contributed by atoms with van der Waals surface area (Å²) in [7, 11) is 0. The van der Waals surface area contributed by atoms with E-state index >= 15 is 0 Å². The Bertz CT molecular complexity index is 902. The molecule has 2 aromatic carbocycles. The molecule has 27 heavy (non-hydrogen) atoms. The molecule has 2 amide bonds. The molecule has 1 unspecified atom stereocenters. The molecule has 1 aliphatic rings. The van der Waals surface area contributed by atoms with Crippen LogP contribution in [0.4, 0.5) is 11.4 Å². The Balaban J connectivity index is 1.63. The number of carbonyl (C=O) groups is 2. The molecule has 1 aliphatic heterocycles. The zero-order valence-electron chi connectivity index (χ0n) is 14.0. The van der Waals surface area contributed by atoms with Crippen LogP contribution in [0.3, 0.4) is 0 Å². The van der Waals surface area contributed by atoms with Crippen molar-refractivity contribution in [3.8, 4) is 0 Å². The maximum atomic E-state index is 12.3. The maximum Gasteiger partial charge on any atom is 0.270 e. The molecule has 1 saturated heterocycles. The first-order valence-corrected chi connectivity index (χ1v) is 8.89. The smallest absolute Gasteiger partial charge is 0.270 e. The molecule has 0 saturated carbocycles. The molecule has 0 spiro atoms. The lowest BCUT2D eigenvalue weighted by molar-refractivity contribution is -0.384. The van der Waals surface area contributed by atoms with Gasteiger partial charge in [0.2, 0.25) is 5.91 Å². The fraction of sp³-hybridized carbons (Fsp3) is 0.222. The molecule has 2 aromatic rings. The van der Waals surface area contributed by atoms with Gasteiger partial charge < -0.3 is 10.2 Å². The number of rotatable bonds is 5. The third kappa shape index (κ3) is 4.37. The average Bonchev–Trinajstić information content (AvgIpc) is 3.01. The molecule has 0 radical (unpaired) electrons. The first-order chi connectivity index (χ1) is 12.8. The molecule has 1 heterocycles. The van der Waals surface area contributed by atoms with Crippen molar-refractivity contribution in [2.24, 2.45) is 5.92 Å². The topological polar surface area (TPSA) is 92.6 Å². The van der Waals surface area contributed by atoms with Crippen molar-refractivity contribution in [1.29, 1.82) is 0 Å². The van der Waals surface area contributed by atoms with Crippen LogP contribution in [-0.4, -0.2) is 29.8 Å². The number of halogens is 2. The van der Waals surface area contributed by atoms with Crippen LogP contribution in [0.2, 0.25) is 10.0 Å². The van der Waals surface area contributed by atoms with Gasteiger partial charge in [-0.15, -0.1) is 0 Å². The van der Waals surface area contributed by atoms with Gasteiger partial charge in [-0.1, -0.05) is 23.2 Å². The van der Waals surface area contributed by atoms with E-state index in [0.717, 1.165) is 11.8 Å². The van der Waals surface area contributed by atoms with Crippen LogP contribution in [0.1, 0.15) is 16.8 Å². The van der Waals surface area contributed by atoms with Crippen LogP contribution in [-0.2, 0) is 4.79 Å². The van der Waals surface area contributed by atoms with Crippen LogP contribution < -0.4 is 10.2 Å². The number of hydrogen-bond donors (Lipinski definition) is 1. The molecule has 1 fully saturated rings. The molecule has 0 aliphatic carbocycles. The van der Waals surface area contributed by atoms with E-state index in [9.17, 15) is 19.7 Å². The van der Waals surface area contributed by atoms with Crippen LogP contribution in [0.5, 0.6) is 0 Å². The first kappa shape index (κ1) is 19.1. The van der Waals surface area contributed by atoms with E-state index in [2.05, 4.69) is 5.32 Å². The number of nitrogens with zero attached hydrogens (tertiary/aromatic N) is 2. The summed E-state index contributed by atoms with van der Waals surface area (Å²) in [5.74, 6) is -0.624. The summed E-state index contributed by atoms with van der Waals surface area (Å²) in [6.07, 6.45) is 0.297. The second kappa shape index (κ2) is 7.94. The second-order valence-electron chi connectivity index (χ2n) is 6.18. The molecular formula is C18H15Cl2N3O4. The summed E-state index contributed by atoms with van der Waals surface area (Å²) >= 11 is 11.8. The summed E-state index contributed by atoms with van der Waals surface area (Å²) in [4.78, 5) is 36.5. The van der Waals surface area contributed by atoms with Gasteiger partial charge in [-0.05, 0) is 30.3 Å². The van der Waals surface area contributed by atoms with Crippen molar-refractivity contribution in [2.45, 2.75) is 6.42 Å². The number of nitro benzene ring substituents is 1. The Hall–Kier alpha value is -2.64. The minimum atomic E-state index is -0.591. The van der Waals surface area contributed by atoms with E-state index in [0.29, 0.717) is 18.0 Å². The lowest BCUT2D eigenvalue weighted by atomic mass is 10.1. The van der Waals surface area contributed by atoms with Crippen molar-refractivity contribution in [3.63, 3.8) is 0 Å². The van der Waals surface area contributed by atoms with E-state index in [4.69, 9.17) is 23.2 Å². The number of nitro groups is 1. The fourth-order valence-corrected chi connectivity index (χ4v) is 3.25. The third-order valence-corrected chi connectivity index (χ3v) is 4.88. The Labute approximate surface area is 165 Å². The number of carbonyl (C=O) groups excluding carboxylic acids is 2. The molecule has 1 N–H and O–H groups in total. The summed E-state index contributed by atoms with van der Waals surface area (Å²) < 4.78 is 0. The number of hydrogen-bond acceptors (Lipinski definition) is 4. The Morgan fingerprint density at radius 1 is 1.22 bits per heavy atom. The predicted octanol–water partition coefficient (Wildman–Crippen LogP) is 3.68. The summed E-state index contributed by atoms with van der Waals surface area (Å²) in [6.45, 7) is 0.719. The zero-order valence-corrected chi connectivity index (χ0v) is 15.5. The monoisotopic (exact) mass is 407 g/mol. The number of amides is 2. The molecule has 140 valence electrons. The maximum absolute atomic E-state index is 12.3. The number of nitrogens with one attached hydrogen (secondary N) is 1. The quantitative estimate of drug-likeness (QED) is 0.604. The first-order valence-electron chi connectivity index (χ1n) is 8.13. The van der Waals surface area contributed by atoms with Crippen molar-refractivity contribution in [1.82, 2.24) is 5.32 Å². The minimum Gasteiger partial charge on any atom is -0.352 e. The molecule has 1 atom stereocenters. The highest BCUT2D eigenvalue weighted by molar-refractivity contribution is 6.34. The highest BCUT2D eigenvalue weighted by Crippen LogP contribution is 2.26. The van der Waals surface area contributed by atoms with Gasteiger partial charge in [0.05, 0.1) is 15.5 Å². The standard InChI is InChI=1S/C18H15Cl2N3O4/c19-12-1-3-13(4-2-12)22-10-11(7-17(22)24)9-21-18(25)15-8-14(23(26)27)5-6-16(15)20/h1-6,8,11H,7,9-10H2,(H,21,25). The SMILES string of the molecule is O=C(NCC1CC(=O)N(c2ccc(Cl)cc2)C1)c1cc([N+](=O)[O-])ccc1Cl. The van der Waals surface area contributed by atoms with Gasteiger partial charge in [0.15, 0.2) is 0 Å². The van der Waals surface area contributed by atoms with Gasteiger partial charge in [-0.3, -0.25) is 19.7 Å². The summed E-state index contributed by atoms with van der Waals surface area (Å²) in [5.41, 5.74) is 0.569.